The Balaban J connectivity index is 2.29. The smallest absolute Gasteiger partial charge is 0.211 e. The van der Waals surface area contributed by atoms with Gasteiger partial charge in [0.2, 0.25) is 10.0 Å². The van der Waals surface area contributed by atoms with Crippen molar-refractivity contribution < 1.29 is 8.42 Å². The van der Waals surface area contributed by atoms with Crippen molar-refractivity contribution in [1.82, 2.24) is 4.72 Å². The molecule has 0 bridgehead atoms. The first kappa shape index (κ1) is 16.5. The van der Waals surface area contributed by atoms with Gasteiger partial charge in [-0.1, -0.05) is 50.6 Å². The van der Waals surface area contributed by atoms with E-state index in [1.165, 1.54) is 43.9 Å². The number of hydrogen-bond donors (Lipinski definition) is 1. The van der Waals surface area contributed by atoms with Crippen LogP contribution >= 0.6 is 11.6 Å². The first-order valence-electron chi connectivity index (χ1n) is 6.73. The second-order valence-corrected chi connectivity index (χ2v) is 6.71. The third-order valence-corrected chi connectivity index (χ3v) is 4.57. The third-order valence-electron chi connectivity index (χ3n) is 2.88. The Bertz CT molecular complexity index is 457. The van der Waals surface area contributed by atoms with Gasteiger partial charge < -0.3 is 0 Å². The molecule has 1 N–H and O–H groups in total. The lowest BCUT2D eigenvalue weighted by atomic mass is 10.1. The van der Waals surface area contributed by atoms with Crippen molar-refractivity contribution in [1.29, 1.82) is 0 Å². The lowest BCUT2D eigenvalue weighted by molar-refractivity contribution is 0.567. The molecule has 0 heterocycles. The normalized spacial score (nSPS) is 11.7. The first-order chi connectivity index (χ1) is 9.06. The Morgan fingerprint density at radius 1 is 1.16 bits per heavy atom. The number of sulfonamides is 1. The Morgan fingerprint density at radius 2 is 1.84 bits per heavy atom. The third kappa shape index (κ3) is 6.41. The van der Waals surface area contributed by atoms with Crippen LogP contribution in [-0.4, -0.2) is 15.0 Å². The molecule has 1 aromatic rings. The standard InChI is InChI=1S/C14H21ClNO2S/c1-2-3-4-5-6-7-12-16-19(17,18)14-10-8-13(15)9-11-14/h8,10-11,16H,2-7,12H2,1H3. The molecule has 0 atom stereocenters. The molecule has 0 saturated carbocycles. The monoisotopic (exact) mass is 302 g/mol. The van der Waals surface area contributed by atoms with Crippen molar-refractivity contribution >= 4 is 21.6 Å². The molecule has 0 aliphatic rings. The molecule has 0 unspecified atom stereocenters. The summed E-state index contributed by atoms with van der Waals surface area (Å²) in [5.41, 5.74) is 0. The van der Waals surface area contributed by atoms with Gasteiger partial charge >= 0.3 is 0 Å². The number of hydrogen-bond acceptors (Lipinski definition) is 2. The fourth-order valence-electron chi connectivity index (χ4n) is 1.75. The second-order valence-electron chi connectivity index (χ2n) is 4.54. The number of halogens is 1. The molecule has 0 amide bonds. The molecule has 1 radical (unpaired) electrons. The van der Waals surface area contributed by atoms with Crippen molar-refractivity contribution in [2.75, 3.05) is 6.54 Å². The van der Waals surface area contributed by atoms with Gasteiger partial charge in [0.1, 0.15) is 0 Å². The van der Waals surface area contributed by atoms with Gasteiger partial charge in [-0.2, -0.15) is 0 Å². The van der Waals surface area contributed by atoms with Gasteiger partial charge in [-0.05, 0) is 24.6 Å². The molecule has 0 spiro atoms. The minimum Gasteiger partial charge on any atom is -0.211 e. The van der Waals surface area contributed by atoms with Gasteiger partial charge in [0, 0.05) is 17.6 Å². The minimum absolute atomic E-state index is 0.211. The predicted octanol–water partition coefficient (Wildman–Crippen LogP) is 3.78. The number of rotatable bonds is 9. The van der Waals surface area contributed by atoms with Crippen LogP contribution in [0.2, 0.25) is 5.02 Å². The molecule has 5 heteroatoms. The van der Waals surface area contributed by atoms with Gasteiger partial charge in [0.15, 0.2) is 0 Å². The fraction of sp³-hybridized carbons (Fsp3) is 0.571. The van der Waals surface area contributed by atoms with Crippen LogP contribution in [0.15, 0.2) is 23.1 Å². The molecule has 0 aromatic heterocycles. The molecule has 0 fully saturated rings. The zero-order valence-electron chi connectivity index (χ0n) is 11.3. The molecule has 3 nitrogen and oxygen atoms in total. The maximum Gasteiger partial charge on any atom is 0.240 e. The van der Waals surface area contributed by atoms with E-state index in [0.29, 0.717) is 11.6 Å². The summed E-state index contributed by atoms with van der Waals surface area (Å²) in [6.45, 7) is 2.66. The number of benzene rings is 1. The minimum atomic E-state index is -3.41. The van der Waals surface area contributed by atoms with E-state index < -0.39 is 10.0 Å². The summed E-state index contributed by atoms with van der Waals surface area (Å²) in [5, 5.41) is 0.412. The van der Waals surface area contributed by atoms with Gasteiger partial charge in [0.05, 0.1) is 4.90 Å². The summed E-state index contributed by atoms with van der Waals surface area (Å²) in [4.78, 5) is 0.211. The van der Waals surface area contributed by atoms with Crippen LogP contribution in [0.1, 0.15) is 45.4 Å². The van der Waals surface area contributed by atoms with Crippen LogP contribution in [0.5, 0.6) is 0 Å². The van der Waals surface area contributed by atoms with E-state index in [0.717, 1.165) is 12.8 Å². The van der Waals surface area contributed by atoms with E-state index in [4.69, 9.17) is 11.6 Å². The average Bonchev–Trinajstić information content (AvgIpc) is 2.38. The Hall–Kier alpha value is -0.580. The molecule has 0 aliphatic heterocycles. The Kier molecular flexibility index (Phi) is 7.42. The number of nitrogens with one attached hydrogen (secondary N) is 1. The zero-order chi connectivity index (χ0) is 14.1. The van der Waals surface area contributed by atoms with Crippen LogP contribution < -0.4 is 4.72 Å². The Morgan fingerprint density at radius 3 is 2.47 bits per heavy atom. The van der Waals surface area contributed by atoms with Crippen molar-refractivity contribution in [2.24, 2.45) is 0 Å². The SMILES string of the molecule is CCCCCCCCNS(=O)(=O)c1c[c]c(Cl)cc1. The summed E-state index contributed by atoms with van der Waals surface area (Å²) in [7, 11) is -3.41. The maximum atomic E-state index is 11.9. The molecule has 0 aliphatic carbocycles. The predicted molar refractivity (Wildman–Crippen MR) is 78.9 cm³/mol. The van der Waals surface area contributed by atoms with Crippen LogP contribution in [0.3, 0.4) is 0 Å². The quantitative estimate of drug-likeness (QED) is 0.706. The summed E-state index contributed by atoms with van der Waals surface area (Å²) < 4.78 is 26.4. The second kappa shape index (κ2) is 8.56. The molecular weight excluding hydrogens is 282 g/mol. The highest BCUT2D eigenvalue weighted by molar-refractivity contribution is 7.89. The highest BCUT2D eigenvalue weighted by Gasteiger charge is 2.12. The van der Waals surface area contributed by atoms with Crippen LogP contribution in [0.4, 0.5) is 0 Å². The first-order valence-corrected chi connectivity index (χ1v) is 8.59. The maximum absolute atomic E-state index is 11.9. The lowest BCUT2D eigenvalue weighted by Gasteiger charge is -2.06. The Labute approximate surface area is 121 Å². The zero-order valence-corrected chi connectivity index (χ0v) is 12.9. The molecule has 1 aromatic carbocycles. The van der Waals surface area contributed by atoms with E-state index in [-0.39, 0.29) is 4.90 Å². The van der Waals surface area contributed by atoms with Crippen LogP contribution in [0, 0.1) is 6.07 Å². The summed E-state index contributed by atoms with van der Waals surface area (Å²) in [5.74, 6) is 0. The van der Waals surface area contributed by atoms with Crippen LogP contribution in [-0.2, 0) is 10.0 Å². The van der Waals surface area contributed by atoms with Gasteiger partial charge in [-0.3, -0.25) is 0 Å². The lowest BCUT2D eigenvalue weighted by Crippen LogP contribution is -2.24. The van der Waals surface area contributed by atoms with Crippen molar-refractivity contribution in [3.63, 3.8) is 0 Å². The van der Waals surface area contributed by atoms with Crippen molar-refractivity contribution in [3.8, 4) is 0 Å². The van der Waals surface area contributed by atoms with Gasteiger partial charge in [-0.25, -0.2) is 13.1 Å². The van der Waals surface area contributed by atoms with Crippen LogP contribution in [0.25, 0.3) is 0 Å². The van der Waals surface area contributed by atoms with Gasteiger partial charge in [0.25, 0.3) is 0 Å². The molecule has 0 saturated heterocycles. The number of unbranched alkanes of at least 4 members (excludes halogenated alkanes) is 5. The largest absolute Gasteiger partial charge is 0.240 e. The van der Waals surface area contributed by atoms with E-state index in [1.807, 2.05) is 0 Å². The summed E-state index contributed by atoms with van der Waals surface area (Å²) >= 11 is 5.68. The van der Waals surface area contributed by atoms with Crippen molar-refractivity contribution in [2.45, 2.75) is 50.3 Å². The van der Waals surface area contributed by atoms with Crippen molar-refractivity contribution in [3.05, 3.63) is 29.3 Å². The van der Waals surface area contributed by atoms with E-state index in [9.17, 15) is 8.42 Å². The van der Waals surface area contributed by atoms with Gasteiger partial charge in [-0.15, -0.1) is 0 Å². The van der Waals surface area contributed by atoms with E-state index in [2.05, 4.69) is 17.7 Å². The molecular formula is C14H21ClNO2S. The van der Waals surface area contributed by atoms with E-state index in [1.54, 1.807) is 0 Å². The molecule has 107 valence electrons. The average molecular weight is 303 g/mol. The molecule has 19 heavy (non-hydrogen) atoms. The fourth-order valence-corrected chi connectivity index (χ4v) is 2.91. The summed E-state index contributed by atoms with van der Waals surface area (Å²) in [6.07, 6.45) is 6.82. The highest BCUT2D eigenvalue weighted by atomic mass is 35.5. The summed E-state index contributed by atoms with van der Waals surface area (Å²) in [6, 6.07) is 7.09. The topological polar surface area (TPSA) is 46.2 Å². The van der Waals surface area contributed by atoms with E-state index >= 15 is 0 Å². The highest BCUT2D eigenvalue weighted by Crippen LogP contribution is 2.13. The molecule has 1 rings (SSSR count).